The van der Waals surface area contributed by atoms with Gasteiger partial charge in [-0.05, 0) is 42.0 Å². The zero-order valence-corrected chi connectivity index (χ0v) is 24.4. The van der Waals surface area contributed by atoms with E-state index < -0.39 is 51.1 Å². The van der Waals surface area contributed by atoms with Gasteiger partial charge in [0.25, 0.3) is 0 Å². The van der Waals surface area contributed by atoms with Gasteiger partial charge >= 0.3 is 18.3 Å². The molecule has 3 aromatic carbocycles. The molecule has 3 rings (SSSR count). The van der Waals surface area contributed by atoms with Gasteiger partial charge in [0.15, 0.2) is 0 Å². The van der Waals surface area contributed by atoms with Crippen molar-refractivity contribution in [3.05, 3.63) is 91.0 Å². The van der Waals surface area contributed by atoms with Crippen molar-refractivity contribution >= 4 is 58.1 Å². The van der Waals surface area contributed by atoms with E-state index in [1.165, 1.54) is 36.4 Å². The molecule has 3 aromatic rings. The van der Waals surface area contributed by atoms with Gasteiger partial charge < -0.3 is 15.2 Å². The molecule has 0 radical (unpaired) electrons. The van der Waals surface area contributed by atoms with Gasteiger partial charge in [0, 0.05) is 35.7 Å². The first-order chi connectivity index (χ1) is 19.4. The molecular formula is C27H18Cl4F6N2O3. The average Bonchev–Trinajstić information content (AvgIpc) is 2.88. The number of alkyl halides is 6. The molecule has 2 N–H and O–H groups in total. The Morgan fingerprint density at radius 2 is 1.62 bits per heavy atom. The third kappa shape index (κ3) is 7.63. The van der Waals surface area contributed by atoms with E-state index in [0.29, 0.717) is 11.1 Å². The van der Waals surface area contributed by atoms with Crippen LogP contribution in [0.5, 0.6) is 11.5 Å². The Balaban J connectivity index is 2.37. The van der Waals surface area contributed by atoms with Crippen LogP contribution in [-0.2, 0) is 17.6 Å². The molecule has 0 aliphatic rings. The van der Waals surface area contributed by atoms with Crippen LogP contribution >= 0.6 is 46.4 Å². The van der Waals surface area contributed by atoms with E-state index >= 15 is 0 Å². The lowest BCUT2D eigenvalue weighted by atomic mass is 9.92. The van der Waals surface area contributed by atoms with Gasteiger partial charge in [-0.2, -0.15) is 26.3 Å². The van der Waals surface area contributed by atoms with Crippen molar-refractivity contribution in [3.8, 4) is 22.6 Å². The highest BCUT2D eigenvalue weighted by Gasteiger charge is 2.37. The summed E-state index contributed by atoms with van der Waals surface area (Å²) in [6.07, 6.45) is -9.94. The van der Waals surface area contributed by atoms with Crippen molar-refractivity contribution in [2.24, 2.45) is 10.7 Å². The minimum atomic E-state index is -5.05. The Labute approximate surface area is 255 Å². The van der Waals surface area contributed by atoms with Crippen molar-refractivity contribution in [3.63, 3.8) is 0 Å². The molecule has 0 unspecified atom stereocenters. The molecule has 0 spiro atoms. The first-order valence-corrected chi connectivity index (χ1v) is 13.0. The van der Waals surface area contributed by atoms with Gasteiger partial charge in [-0.15, -0.1) is 0 Å². The lowest BCUT2D eigenvalue weighted by molar-refractivity contribution is -0.137. The topological polar surface area (TPSA) is 73.9 Å². The van der Waals surface area contributed by atoms with Gasteiger partial charge in [-0.3, -0.25) is 9.79 Å². The molecule has 0 bridgehead atoms. The van der Waals surface area contributed by atoms with Crippen LogP contribution in [-0.4, -0.2) is 24.9 Å². The average molecular weight is 674 g/mol. The number of hydrogen-bond donors (Lipinski definition) is 1. The highest BCUT2D eigenvalue weighted by atomic mass is 35.5. The van der Waals surface area contributed by atoms with E-state index in [1.807, 2.05) is 0 Å². The molecule has 0 aliphatic heterocycles. The van der Waals surface area contributed by atoms with Crippen molar-refractivity contribution in [1.29, 1.82) is 0 Å². The third-order valence-electron chi connectivity index (χ3n) is 5.56. The van der Waals surface area contributed by atoms with Crippen LogP contribution in [0, 0.1) is 0 Å². The van der Waals surface area contributed by atoms with Gasteiger partial charge in [-0.25, -0.2) is 0 Å². The molecule has 0 heterocycles. The highest BCUT2D eigenvalue weighted by Crippen LogP contribution is 2.43. The highest BCUT2D eigenvalue weighted by molar-refractivity contribution is 6.47. The summed E-state index contributed by atoms with van der Waals surface area (Å²) in [6, 6.07) is 9.71. The maximum absolute atomic E-state index is 13.8. The number of allylic oxidation sites excluding steroid dienone is 2. The van der Waals surface area contributed by atoms with Crippen LogP contribution < -0.4 is 15.2 Å². The second-order valence-corrected chi connectivity index (χ2v) is 10.1. The summed E-state index contributed by atoms with van der Waals surface area (Å²) >= 11 is 23.9. The lowest BCUT2D eigenvalue weighted by Gasteiger charge is -2.21. The molecule has 0 aliphatic carbocycles. The van der Waals surface area contributed by atoms with Crippen LogP contribution in [0.3, 0.4) is 0 Å². The summed E-state index contributed by atoms with van der Waals surface area (Å²) in [5.74, 6) is -1.27. The molecule has 42 heavy (non-hydrogen) atoms. The summed E-state index contributed by atoms with van der Waals surface area (Å²) in [6.45, 7) is 0.625. The first-order valence-electron chi connectivity index (χ1n) is 11.4. The number of halogens is 10. The normalized spacial score (nSPS) is 13.1. The maximum Gasteiger partial charge on any atom is 0.432 e. The van der Waals surface area contributed by atoms with Crippen molar-refractivity contribution in [2.75, 3.05) is 7.05 Å². The Morgan fingerprint density at radius 3 is 2.17 bits per heavy atom. The number of nitrogens with two attached hydrogens (primary N) is 1. The molecule has 0 amide bonds. The molecule has 0 saturated heterocycles. The molecule has 0 fully saturated rings. The largest absolute Gasteiger partial charge is 0.487 e. The number of esters is 1. The van der Waals surface area contributed by atoms with Gasteiger partial charge in [-0.1, -0.05) is 58.5 Å². The minimum Gasteiger partial charge on any atom is -0.487 e. The van der Waals surface area contributed by atoms with E-state index in [-0.39, 0.29) is 39.6 Å². The Kier molecular flexibility index (Phi) is 10.4. The monoisotopic (exact) mass is 672 g/mol. The molecule has 224 valence electrons. The summed E-state index contributed by atoms with van der Waals surface area (Å²) in [5.41, 5.74) is 1.25. The first kappa shape index (κ1) is 33.4. The summed E-state index contributed by atoms with van der Waals surface area (Å²) in [4.78, 5) is 16.0. The number of rotatable bonds is 7. The SMILES string of the molecule is CN=C(/C(Cl)=C(\N)C(F)(F)F)c1ccc(COc2ccc(Cl)cc2Cl)c(-c2ccc(Cl)c(C(F)(F)F)c2)c1OC(C)=O. The second kappa shape index (κ2) is 13.0. The fourth-order valence-electron chi connectivity index (χ4n) is 3.73. The van der Waals surface area contributed by atoms with Gasteiger partial charge in [0.05, 0.1) is 26.4 Å². The van der Waals surface area contributed by atoms with Gasteiger partial charge in [0.1, 0.15) is 23.8 Å². The zero-order valence-electron chi connectivity index (χ0n) is 21.4. The second-order valence-electron chi connectivity index (χ2n) is 8.42. The number of ether oxygens (including phenoxy) is 2. The van der Waals surface area contributed by atoms with E-state index in [4.69, 9.17) is 61.6 Å². The van der Waals surface area contributed by atoms with Crippen LogP contribution in [0.4, 0.5) is 26.3 Å². The number of nitrogens with zero attached hydrogens (tertiary/aromatic N) is 1. The van der Waals surface area contributed by atoms with Crippen molar-refractivity contribution in [2.45, 2.75) is 25.9 Å². The zero-order chi connectivity index (χ0) is 31.6. The number of carbonyl (C=O) groups excluding carboxylic acids is 1. The van der Waals surface area contributed by atoms with Crippen LogP contribution in [0.1, 0.15) is 23.6 Å². The maximum atomic E-state index is 13.8. The van der Waals surface area contributed by atoms with E-state index in [0.717, 1.165) is 20.0 Å². The fourth-order valence-corrected chi connectivity index (χ4v) is 4.71. The predicted molar refractivity (Wildman–Crippen MR) is 150 cm³/mol. The third-order valence-corrected chi connectivity index (χ3v) is 6.80. The number of hydrogen-bond acceptors (Lipinski definition) is 5. The smallest absolute Gasteiger partial charge is 0.432 e. The van der Waals surface area contributed by atoms with Crippen molar-refractivity contribution < 1.29 is 40.6 Å². The minimum absolute atomic E-state index is 0.117. The predicted octanol–water partition coefficient (Wildman–Crippen LogP) is 9.23. The Bertz CT molecular complexity index is 1590. The quantitative estimate of drug-likeness (QED) is 0.117. The van der Waals surface area contributed by atoms with E-state index in [1.54, 1.807) is 0 Å². The molecule has 0 saturated carbocycles. The fraction of sp³-hybridized carbons (Fsp3) is 0.185. The Morgan fingerprint density at radius 1 is 0.952 bits per heavy atom. The Hall–Kier alpha value is -3.12. The number of benzene rings is 3. The van der Waals surface area contributed by atoms with Crippen molar-refractivity contribution in [1.82, 2.24) is 0 Å². The molecule has 15 heteroatoms. The number of carbonyl (C=O) groups is 1. The molecular weight excluding hydrogens is 656 g/mol. The van der Waals surface area contributed by atoms with Gasteiger partial charge in [0.2, 0.25) is 0 Å². The number of aliphatic imine (C=N–C) groups is 1. The van der Waals surface area contributed by atoms with Crippen LogP contribution in [0.25, 0.3) is 11.1 Å². The summed E-state index contributed by atoms with van der Waals surface area (Å²) < 4.78 is 92.7. The summed E-state index contributed by atoms with van der Waals surface area (Å²) in [5, 5.41) is -1.23. The van der Waals surface area contributed by atoms with E-state index in [2.05, 4.69) is 4.99 Å². The molecule has 0 atom stereocenters. The van der Waals surface area contributed by atoms with Crippen LogP contribution in [0.2, 0.25) is 15.1 Å². The lowest BCUT2D eigenvalue weighted by Crippen LogP contribution is -2.23. The standard InChI is InChI=1S/C27H18Cl4F6N2O3/c1-12(40)42-24-16(23(39-2)22(31)25(38)27(35,36)37)6-3-14(11-41-20-8-5-15(28)10-19(20)30)21(24)13-4-7-18(29)17(9-13)26(32,33)34/h3-10H,11,38H2,1-2H3/b25-22+,39-23?. The molecule has 0 aromatic heterocycles. The summed E-state index contributed by atoms with van der Waals surface area (Å²) in [7, 11) is 1.10. The molecule has 5 nitrogen and oxygen atoms in total. The van der Waals surface area contributed by atoms with E-state index in [9.17, 15) is 31.1 Å². The van der Waals surface area contributed by atoms with Crippen LogP contribution in [0.15, 0.2) is 64.3 Å².